The average molecular weight is 254 g/mol. The number of aliphatic hydroxyl groups excluding tert-OH is 1. The largest absolute Gasteiger partial charge is 0.391 e. The van der Waals surface area contributed by atoms with Crippen LogP contribution < -0.4 is 5.32 Å². The van der Waals surface area contributed by atoms with Gasteiger partial charge in [-0.2, -0.15) is 0 Å². The van der Waals surface area contributed by atoms with Crippen molar-refractivity contribution in [2.75, 3.05) is 38.5 Å². The number of aliphatic hydroxyl groups is 1. The SMILES string of the molecule is OC(CSc1cnccn1)CN1CCNCC1. The maximum atomic E-state index is 9.93. The zero-order valence-corrected chi connectivity index (χ0v) is 10.6. The minimum absolute atomic E-state index is 0.305. The fourth-order valence-electron chi connectivity index (χ4n) is 1.79. The van der Waals surface area contributed by atoms with Crippen LogP contribution in [0.2, 0.25) is 0 Å². The summed E-state index contributed by atoms with van der Waals surface area (Å²) in [6.45, 7) is 4.82. The fraction of sp³-hybridized carbons (Fsp3) is 0.636. The van der Waals surface area contributed by atoms with Gasteiger partial charge < -0.3 is 10.4 Å². The van der Waals surface area contributed by atoms with E-state index in [2.05, 4.69) is 20.2 Å². The minimum atomic E-state index is -0.305. The summed E-state index contributed by atoms with van der Waals surface area (Å²) in [4.78, 5) is 10.4. The third-order valence-corrected chi connectivity index (χ3v) is 3.70. The first-order chi connectivity index (χ1) is 8.34. The van der Waals surface area contributed by atoms with Crippen LogP contribution in [0, 0.1) is 0 Å². The lowest BCUT2D eigenvalue weighted by Crippen LogP contribution is -2.46. The molecule has 17 heavy (non-hydrogen) atoms. The van der Waals surface area contributed by atoms with Gasteiger partial charge in [0.25, 0.3) is 0 Å². The Hall–Kier alpha value is -0.690. The first-order valence-corrected chi connectivity index (χ1v) is 6.83. The molecule has 2 heterocycles. The van der Waals surface area contributed by atoms with Gasteiger partial charge >= 0.3 is 0 Å². The van der Waals surface area contributed by atoms with Gasteiger partial charge in [0, 0.05) is 50.9 Å². The van der Waals surface area contributed by atoms with E-state index in [-0.39, 0.29) is 6.10 Å². The second kappa shape index (κ2) is 6.90. The van der Waals surface area contributed by atoms with Crippen molar-refractivity contribution in [3.63, 3.8) is 0 Å². The van der Waals surface area contributed by atoms with Crippen LogP contribution >= 0.6 is 11.8 Å². The molecule has 94 valence electrons. The van der Waals surface area contributed by atoms with E-state index in [1.165, 1.54) is 0 Å². The van der Waals surface area contributed by atoms with Crippen LogP contribution in [-0.4, -0.2) is 64.6 Å². The molecule has 0 aliphatic carbocycles. The molecular formula is C11H18N4OS. The highest BCUT2D eigenvalue weighted by atomic mass is 32.2. The molecule has 0 amide bonds. The highest BCUT2D eigenvalue weighted by Crippen LogP contribution is 2.14. The van der Waals surface area contributed by atoms with E-state index in [4.69, 9.17) is 0 Å². The molecule has 0 bridgehead atoms. The molecule has 5 nitrogen and oxygen atoms in total. The van der Waals surface area contributed by atoms with Gasteiger partial charge in [-0.15, -0.1) is 11.8 Å². The maximum absolute atomic E-state index is 9.93. The number of hydrogen-bond donors (Lipinski definition) is 2. The van der Waals surface area contributed by atoms with Crippen molar-refractivity contribution < 1.29 is 5.11 Å². The third kappa shape index (κ3) is 4.59. The van der Waals surface area contributed by atoms with Crippen molar-refractivity contribution in [3.8, 4) is 0 Å². The highest BCUT2D eigenvalue weighted by molar-refractivity contribution is 7.99. The fourth-order valence-corrected chi connectivity index (χ4v) is 2.53. The first-order valence-electron chi connectivity index (χ1n) is 5.84. The normalized spacial score (nSPS) is 19.1. The molecular weight excluding hydrogens is 236 g/mol. The van der Waals surface area contributed by atoms with Gasteiger partial charge in [0.05, 0.1) is 12.3 Å². The molecule has 0 spiro atoms. The second-order valence-electron chi connectivity index (χ2n) is 4.06. The number of thioether (sulfide) groups is 1. The molecule has 1 aromatic rings. The molecule has 2 N–H and O–H groups in total. The summed E-state index contributed by atoms with van der Waals surface area (Å²) in [5, 5.41) is 14.1. The monoisotopic (exact) mass is 254 g/mol. The van der Waals surface area contributed by atoms with Crippen molar-refractivity contribution in [2.24, 2.45) is 0 Å². The van der Waals surface area contributed by atoms with Crippen LogP contribution in [0.1, 0.15) is 0 Å². The van der Waals surface area contributed by atoms with Gasteiger partial charge in [0.2, 0.25) is 0 Å². The maximum Gasteiger partial charge on any atom is 0.114 e. The highest BCUT2D eigenvalue weighted by Gasteiger charge is 2.14. The number of aromatic nitrogens is 2. The van der Waals surface area contributed by atoms with Crippen molar-refractivity contribution in [3.05, 3.63) is 18.6 Å². The number of β-amino-alcohol motifs (C(OH)–C–C–N with tert-alkyl or cyclic N) is 1. The Kier molecular flexibility index (Phi) is 5.18. The Morgan fingerprint density at radius 3 is 2.94 bits per heavy atom. The standard InChI is InChI=1S/C11H18N4OS/c16-10(8-15-5-3-12-4-6-15)9-17-11-7-13-1-2-14-11/h1-2,7,10,12,16H,3-6,8-9H2. The quantitative estimate of drug-likeness (QED) is 0.712. The lowest BCUT2D eigenvalue weighted by molar-refractivity contribution is 0.121. The summed E-state index contributed by atoms with van der Waals surface area (Å²) in [5.41, 5.74) is 0. The predicted molar refractivity (Wildman–Crippen MR) is 68.1 cm³/mol. The molecule has 1 aromatic heterocycles. The van der Waals surface area contributed by atoms with Crippen LogP contribution in [0.5, 0.6) is 0 Å². The van der Waals surface area contributed by atoms with Gasteiger partial charge in [-0.25, -0.2) is 4.98 Å². The Balaban J connectivity index is 1.68. The predicted octanol–water partition coefficient (Wildman–Crippen LogP) is -0.165. The smallest absolute Gasteiger partial charge is 0.114 e. The van der Waals surface area contributed by atoms with Gasteiger partial charge in [0.15, 0.2) is 0 Å². The summed E-state index contributed by atoms with van der Waals surface area (Å²) in [6.07, 6.45) is 4.74. The molecule has 0 saturated carbocycles. The molecule has 1 aliphatic rings. The van der Waals surface area contributed by atoms with Crippen LogP contribution in [0.25, 0.3) is 0 Å². The number of hydrogen-bond acceptors (Lipinski definition) is 6. The first kappa shape index (κ1) is 12.8. The molecule has 1 atom stereocenters. The zero-order valence-electron chi connectivity index (χ0n) is 9.75. The van der Waals surface area contributed by atoms with Gasteiger partial charge in [0.1, 0.15) is 5.03 Å². The van der Waals surface area contributed by atoms with E-state index >= 15 is 0 Å². The van der Waals surface area contributed by atoms with Crippen LogP contribution in [0.15, 0.2) is 23.6 Å². The second-order valence-corrected chi connectivity index (χ2v) is 5.10. The third-order valence-electron chi connectivity index (χ3n) is 2.64. The number of rotatable bonds is 5. The zero-order chi connectivity index (χ0) is 11.9. The molecule has 1 fully saturated rings. The van der Waals surface area contributed by atoms with Crippen LogP contribution in [0.4, 0.5) is 0 Å². The van der Waals surface area contributed by atoms with Crippen molar-refractivity contribution in [2.45, 2.75) is 11.1 Å². The van der Waals surface area contributed by atoms with Gasteiger partial charge in [-0.3, -0.25) is 9.88 Å². The summed E-state index contributed by atoms with van der Waals surface area (Å²) in [6, 6.07) is 0. The van der Waals surface area contributed by atoms with Gasteiger partial charge in [-0.05, 0) is 0 Å². The molecule has 1 saturated heterocycles. The van der Waals surface area contributed by atoms with E-state index in [0.717, 1.165) is 37.7 Å². The summed E-state index contributed by atoms with van der Waals surface area (Å²) in [7, 11) is 0. The summed E-state index contributed by atoms with van der Waals surface area (Å²) in [5.74, 6) is 0.669. The van der Waals surface area contributed by atoms with Crippen molar-refractivity contribution in [1.82, 2.24) is 20.2 Å². The summed E-state index contributed by atoms with van der Waals surface area (Å²) < 4.78 is 0. The lowest BCUT2D eigenvalue weighted by Gasteiger charge is -2.28. The average Bonchev–Trinajstić information content (AvgIpc) is 2.39. The summed E-state index contributed by atoms with van der Waals surface area (Å²) >= 11 is 1.55. The van der Waals surface area contributed by atoms with Crippen LogP contribution in [-0.2, 0) is 0 Å². The van der Waals surface area contributed by atoms with E-state index in [1.54, 1.807) is 30.4 Å². The molecule has 6 heteroatoms. The van der Waals surface area contributed by atoms with E-state index in [9.17, 15) is 5.11 Å². The Morgan fingerprint density at radius 2 is 2.24 bits per heavy atom. The molecule has 0 radical (unpaired) electrons. The molecule has 1 aliphatic heterocycles. The Morgan fingerprint density at radius 1 is 1.41 bits per heavy atom. The molecule has 0 aromatic carbocycles. The minimum Gasteiger partial charge on any atom is -0.391 e. The molecule has 2 rings (SSSR count). The van der Waals surface area contributed by atoms with Crippen molar-refractivity contribution in [1.29, 1.82) is 0 Å². The Bertz CT molecular complexity index is 319. The number of piperazine rings is 1. The van der Waals surface area contributed by atoms with E-state index < -0.39 is 0 Å². The lowest BCUT2D eigenvalue weighted by atomic mass is 10.3. The number of nitrogens with one attached hydrogen (secondary N) is 1. The van der Waals surface area contributed by atoms with Gasteiger partial charge in [-0.1, -0.05) is 0 Å². The topological polar surface area (TPSA) is 61.3 Å². The number of nitrogens with zero attached hydrogens (tertiary/aromatic N) is 3. The van der Waals surface area contributed by atoms with E-state index in [0.29, 0.717) is 5.75 Å². The molecule has 1 unspecified atom stereocenters. The Labute approximate surface area is 106 Å². The van der Waals surface area contributed by atoms with Crippen molar-refractivity contribution >= 4 is 11.8 Å². The van der Waals surface area contributed by atoms with E-state index in [1.807, 2.05) is 0 Å². The van der Waals surface area contributed by atoms with Crippen LogP contribution in [0.3, 0.4) is 0 Å².